The molecule has 2 amide bonds. The Morgan fingerprint density at radius 2 is 1.58 bits per heavy atom. The van der Waals surface area contributed by atoms with E-state index in [-0.39, 0.29) is 17.9 Å². The van der Waals surface area contributed by atoms with Gasteiger partial charge in [0.2, 0.25) is 0 Å². The molecule has 26 heavy (non-hydrogen) atoms. The van der Waals surface area contributed by atoms with Crippen molar-refractivity contribution in [2.75, 3.05) is 19.7 Å². The Kier molecular flexibility index (Phi) is 6.39. The monoisotopic (exact) mass is 352 g/mol. The van der Waals surface area contributed by atoms with Crippen LogP contribution in [0.25, 0.3) is 0 Å². The van der Waals surface area contributed by atoms with Gasteiger partial charge in [0.05, 0.1) is 6.10 Å². The van der Waals surface area contributed by atoms with Gasteiger partial charge < -0.3 is 15.4 Å². The minimum Gasteiger partial charge on any atom is -0.376 e. The summed E-state index contributed by atoms with van der Waals surface area (Å²) >= 11 is 0. The molecule has 1 unspecified atom stereocenters. The summed E-state index contributed by atoms with van der Waals surface area (Å²) in [6, 6.07) is 16.7. The number of hydrogen-bond donors (Lipinski definition) is 2. The van der Waals surface area contributed by atoms with E-state index in [1.807, 2.05) is 30.3 Å². The highest BCUT2D eigenvalue weighted by Gasteiger charge is 2.16. The Balaban J connectivity index is 1.45. The lowest BCUT2D eigenvalue weighted by Gasteiger charge is -2.11. The molecule has 2 aromatic rings. The van der Waals surface area contributed by atoms with Crippen molar-refractivity contribution in [2.24, 2.45) is 0 Å². The van der Waals surface area contributed by atoms with Crippen LogP contribution in [0.4, 0.5) is 0 Å². The fraction of sp³-hybridized carbons (Fsp3) is 0.333. The molecule has 2 aromatic carbocycles. The molecule has 1 fully saturated rings. The zero-order valence-electron chi connectivity index (χ0n) is 14.7. The number of hydrogen-bond acceptors (Lipinski definition) is 3. The topological polar surface area (TPSA) is 67.4 Å². The third-order valence-corrected chi connectivity index (χ3v) is 4.47. The van der Waals surface area contributed by atoms with Crippen molar-refractivity contribution >= 4 is 11.8 Å². The summed E-state index contributed by atoms with van der Waals surface area (Å²) in [5.41, 5.74) is 2.28. The highest BCUT2D eigenvalue weighted by Crippen LogP contribution is 2.11. The molecule has 1 atom stereocenters. The van der Waals surface area contributed by atoms with Gasteiger partial charge in [0.15, 0.2) is 0 Å². The number of rotatable bonds is 7. The summed E-state index contributed by atoms with van der Waals surface area (Å²) in [5.74, 6) is -0.274. The van der Waals surface area contributed by atoms with Crippen LogP contribution in [-0.4, -0.2) is 37.6 Å². The third kappa shape index (κ3) is 5.17. The Morgan fingerprint density at radius 1 is 0.923 bits per heavy atom. The first-order chi connectivity index (χ1) is 12.7. The van der Waals surface area contributed by atoms with Crippen molar-refractivity contribution in [2.45, 2.75) is 25.4 Å². The summed E-state index contributed by atoms with van der Waals surface area (Å²) in [5, 5.41) is 5.78. The van der Waals surface area contributed by atoms with Crippen molar-refractivity contribution in [3.63, 3.8) is 0 Å². The van der Waals surface area contributed by atoms with Gasteiger partial charge in [-0.3, -0.25) is 9.59 Å². The number of carbonyl (C=O) groups excluding carboxylic acids is 2. The van der Waals surface area contributed by atoms with E-state index in [1.54, 1.807) is 24.3 Å². The molecule has 1 aliphatic heterocycles. The van der Waals surface area contributed by atoms with Crippen LogP contribution in [0.3, 0.4) is 0 Å². The standard InChI is InChI=1S/C21H24N2O3/c24-20(22-13-12-16-5-2-1-3-6-16)17-8-10-18(11-9-17)21(25)23-15-19-7-4-14-26-19/h1-3,5-6,8-11,19H,4,7,12-15H2,(H,22,24)(H,23,25). The first kappa shape index (κ1) is 18.1. The maximum absolute atomic E-state index is 12.2. The van der Waals surface area contributed by atoms with Crippen LogP contribution in [0.1, 0.15) is 39.1 Å². The highest BCUT2D eigenvalue weighted by atomic mass is 16.5. The van der Waals surface area contributed by atoms with Crippen molar-refractivity contribution in [3.8, 4) is 0 Å². The minimum atomic E-state index is -0.142. The van der Waals surface area contributed by atoms with E-state index in [9.17, 15) is 9.59 Å². The van der Waals surface area contributed by atoms with E-state index >= 15 is 0 Å². The van der Waals surface area contributed by atoms with Crippen LogP contribution < -0.4 is 10.6 Å². The van der Waals surface area contributed by atoms with Crippen molar-refractivity contribution in [1.29, 1.82) is 0 Å². The van der Waals surface area contributed by atoms with E-state index in [4.69, 9.17) is 4.74 Å². The molecule has 2 N–H and O–H groups in total. The predicted octanol–water partition coefficient (Wildman–Crippen LogP) is 2.57. The molecule has 5 heteroatoms. The maximum Gasteiger partial charge on any atom is 0.251 e. The lowest BCUT2D eigenvalue weighted by Crippen LogP contribution is -2.31. The molecule has 0 bridgehead atoms. The molecule has 0 radical (unpaired) electrons. The first-order valence-corrected chi connectivity index (χ1v) is 9.04. The summed E-state index contributed by atoms with van der Waals surface area (Å²) in [6.07, 6.45) is 2.95. The fourth-order valence-electron chi connectivity index (χ4n) is 2.95. The minimum absolute atomic E-state index is 0.119. The van der Waals surface area contributed by atoms with Crippen LogP contribution in [0.2, 0.25) is 0 Å². The lowest BCUT2D eigenvalue weighted by molar-refractivity contribution is 0.0857. The Morgan fingerprint density at radius 3 is 2.19 bits per heavy atom. The number of carbonyl (C=O) groups is 2. The average Bonchev–Trinajstić information content (AvgIpc) is 3.20. The quantitative estimate of drug-likeness (QED) is 0.805. The molecule has 0 aromatic heterocycles. The average molecular weight is 352 g/mol. The normalized spacial score (nSPS) is 16.2. The Hall–Kier alpha value is -2.66. The number of benzene rings is 2. The fourth-order valence-corrected chi connectivity index (χ4v) is 2.95. The van der Waals surface area contributed by atoms with Gasteiger partial charge in [0.25, 0.3) is 11.8 Å². The molecule has 1 heterocycles. The van der Waals surface area contributed by atoms with Gasteiger partial charge in [-0.15, -0.1) is 0 Å². The van der Waals surface area contributed by atoms with E-state index in [0.717, 1.165) is 25.9 Å². The smallest absolute Gasteiger partial charge is 0.251 e. The molecule has 0 saturated carbocycles. The van der Waals surface area contributed by atoms with E-state index in [0.29, 0.717) is 24.2 Å². The summed E-state index contributed by atoms with van der Waals surface area (Å²) in [4.78, 5) is 24.3. The Labute approximate surface area is 153 Å². The maximum atomic E-state index is 12.2. The van der Waals surface area contributed by atoms with Crippen molar-refractivity contribution in [3.05, 3.63) is 71.3 Å². The summed E-state index contributed by atoms with van der Waals surface area (Å²) in [7, 11) is 0. The number of amides is 2. The molecule has 136 valence electrons. The van der Waals surface area contributed by atoms with Crippen LogP contribution in [0.15, 0.2) is 54.6 Å². The van der Waals surface area contributed by atoms with E-state index in [2.05, 4.69) is 10.6 Å². The molecule has 3 rings (SSSR count). The molecule has 5 nitrogen and oxygen atoms in total. The zero-order chi connectivity index (χ0) is 18.2. The van der Waals surface area contributed by atoms with Gasteiger partial charge in [-0.1, -0.05) is 30.3 Å². The van der Waals surface area contributed by atoms with Crippen LogP contribution in [0.5, 0.6) is 0 Å². The van der Waals surface area contributed by atoms with E-state index in [1.165, 1.54) is 5.56 Å². The van der Waals surface area contributed by atoms with Gasteiger partial charge in [-0.25, -0.2) is 0 Å². The van der Waals surface area contributed by atoms with Crippen molar-refractivity contribution < 1.29 is 14.3 Å². The summed E-state index contributed by atoms with van der Waals surface area (Å²) < 4.78 is 5.49. The second kappa shape index (κ2) is 9.15. The molecular weight excluding hydrogens is 328 g/mol. The van der Waals surface area contributed by atoms with E-state index < -0.39 is 0 Å². The molecule has 1 aliphatic rings. The molecular formula is C21H24N2O3. The SMILES string of the molecule is O=C(NCCc1ccccc1)c1ccc(C(=O)NCC2CCCO2)cc1. The first-order valence-electron chi connectivity index (χ1n) is 9.04. The second-order valence-corrected chi connectivity index (χ2v) is 6.41. The van der Waals surface area contributed by atoms with Gasteiger partial charge in [0.1, 0.15) is 0 Å². The predicted molar refractivity (Wildman–Crippen MR) is 100 cm³/mol. The van der Waals surface area contributed by atoms with Gasteiger partial charge in [-0.2, -0.15) is 0 Å². The molecule has 1 saturated heterocycles. The number of nitrogens with one attached hydrogen (secondary N) is 2. The van der Waals surface area contributed by atoms with Crippen molar-refractivity contribution in [1.82, 2.24) is 10.6 Å². The largest absolute Gasteiger partial charge is 0.376 e. The summed E-state index contributed by atoms with van der Waals surface area (Å²) in [6.45, 7) is 1.88. The third-order valence-electron chi connectivity index (χ3n) is 4.47. The van der Waals surface area contributed by atoms with Gasteiger partial charge >= 0.3 is 0 Å². The molecule has 0 spiro atoms. The highest BCUT2D eigenvalue weighted by molar-refractivity contribution is 5.97. The zero-order valence-corrected chi connectivity index (χ0v) is 14.7. The second-order valence-electron chi connectivity index (χ2n) is 6.41. The van der Waals surface area contributed by atoms with Crippen LogP contribution in [0, 0.1) is 0 Å². The number of ether oxygens (including phenoxy) is 1. The van der Waals surface area contributed by atoms with Gasteiger partial charge in [-0.05, 0) is 49.1 Å². The lowest BCUT2D eigenvalue weighted by atomic mass is 10.1. The van der Waals surface area contributed by atoms with Crippen LogP contribution >= 0.6 is 0 Å². The molecule has 0 aliphatic carbocycles. The Bertz CT molecular complexity index is 723. The van der Waals surface area contributed by atoms with Crippen LogP contribution in [-0.2, 0) is 11.2 Å². The van der Waals surface area contributed by atoms with Gasteiger partial charge in [0, 0.05) is 30.8 Å².